The van der Waals surface area contributed by atoms with Gasteiger partial charge in [-0.3, -0.25) is 4.68 Å². The molecule has 0 fully saturated rings. The lowest BCUT2D eigenvalue weighted by Gasteiger charge is -2.04. The fourth-order valence-electron chi connectivity index (χ4n) is 1.43. The van der Waals surface area contributed by atoms with Gasteiger partial charge in [-0.05, 0) is 33.6 Å². The van der Waals surface area contributed by atoms with E-state index in [0.29, 0.717) is 12.3 Å². The summed E-state index contributed by atoms with van der Waals surface area (Å²) in [6, 6.07) is 7.09. The fourth-order valence-corrected chi connectivity index (χ4v) is 1.91. The highest BCUT2D eigenvalue weighted by Gasteiger charge is 2.08. The first-order valence-electron chi connectivity index (χ1n) is 4.74. The van der Waals surface area contributed by atoms with Gasteiger partial charge < -0.3 is 9.84 Å². The lowest BCUT2D eigenvalue weighted by atomic mass is 10.2. The summed E-state index contributed by atoms with van der Waals surface area (Å²) in [6.07, 6.45) is 1.65. The minimum atomic E-state index is 0.257. The van der Waals surface area contributed by atoms with Crippen molar-refractivity contribution in [1.29, 1.82) is 0 Å². The number of benzene rings is 1. The number of hydrogen-bond donors (Lipinski definition) is 1. The Kier molecular flexibility index (Phi) is 3.14. The van der Waals surface area contributed by atoms with Gasteiger partial charge in [0.2, 0.25) is 0 Å². The van der Waals surface area contributed by atoms with Crippen molar-refractivity contribution in [2.45, 2.75) is 6.54 Å². The van der Waals surface area contributed by atoms with Gasteiger partial charge in [-0.1, -0.05) is 12.1 Å². The van der Waals surface area contributed by atoms with Gasteiger partial charge in [0.1, 0.15) is 10.4 Å². The van der Waals surface area contributed by atoms with Crippen molar-refractivity contribution in [1.82, 2.24) is 9.78 Å². The van der Waals surface area contributed by atoms with Gasteiger partial charge in [-0.15, -0.1) is 0 Å². The van der Waals surface area contributed by atoms with Crippen molar-refractivity contribution in [3.8, 4) is 11.5 Å². The molecule has 0 atom stereocenters. The van der Waals surface area contributed by atoms with Gasteiger partial charge in [0.05, 0.1) is 19.9 Å². The summed E-state index contributed by atoms with van der Waals surface area (Å²) in [6.45, 7) is 0.582. The Morgan fingerprint density at radius 1 is 1.50 bits per heavy atom. The molecule has 16 heavy (non-hydrogen) atoms. The minimum Gasteiger partial charge on any atom is -0.508 e. The number of nitrogens with zero attached hydrogens (tertiary/aromatic N) is 2. The first-order valence-corrected chi connectivity index (χ1v) is 5.53. The number of methoxy groups -OCH3 is 1. The lowest BCUT2D eigenvalue weighted by Crippen LogP contribution is -2.01. The highest BCUT2D eigenvalue weighted by atomic mass is 79.9. The van der Waals surface area contributed by atoms with Crippen molar-refractivity contribution in [3.63, 3.8) is 0 Å². The van der Waals surface area contributed by atoms with E-state index in [9.17, 15) is 5.11 Å². The molecule has 1 aromatic carbocycles. The van der Waals surface area contributed by atoms with Crippen molar-refractivity contribution in [3.05, 3.63) is 40.6 Å². The molecular weight excluding hydrogens is 272 g/mol. The van der Waals surface area contributed by atoms with Crippen LogP contribution in [0.5, 0.6) is 11.5 Å². The molecule has 2 aromatic rings. The van der Waals surface area contributed by atoms with E-state index in [1.54, 1.807) is 36.2 Å². The summed E-state index contributed by atoms with van der Waals surface area (Å²) in [5, 5.41) is 13.5. The molecule has 5 heteroatoms. The second-order valence-corrected chi connectivity index (χ2v) is 4.08. The summed E-state index contributed by atoms with van der Waals surface area (Å²) in [5.41, 5.74) is 0.978. The number of aromatic hydroxyl groups is 1. The zero-order valence-corrected chi connectivity index (χ0v) is 10.3. The van der Waals surface area contributed by atoms with E-state index in [2.05, 4.69) is 21.0 Å². The van der Waals surface area contributed by atoms with Crippen LogP contribution >= 0.6 is 15.9 Å². The molecule has 1 N–H and O–H groups in total. The summed E-state index contributed by atoms with van der Waals surface area (Å²) >= 11 is 3.40. The first kappa shape index (κ1) is 11.0. The molecule has 0 unspecified atom stereocenters. The SMILES string of the molecule is COc1cnn(Cc2cccc(O)c2)c1Br. The molecule has 0 aliphatic rings. The van der Waals surface area contributed by atoms with Crippen LogP contribution in [-0.4, -0.2) is 22.0 Å². The summed E-state index contributed by atoms with van der Waals surface area (Å²) in [5.74, 6) is 0.952. The topological polar surface area (TPSA) is 47.3 Å². The average molecular weight is 283 g/mol. The lowest BCUT2D eigenvalue weighted by molar-refractivity contribution is 0.411. The van der Waals surface area contributed by atoms with E-state index in [1.165, 1.54) is 0 Å². The van der Waals surface area contributed by atoms with Crippen LogP contribution in [0.15, 0.2) is 35.1 Å². The number of aromatic nitrogens is 2. The average Bonchev–Trinajstić information content (AvgIpc) is 2.60. The molecular formula is C11H11BrN2O2. The van der Waals surface area contributed by atoms with Crippen LogP contribution in [0.2, 0.25) is 0 Å². The van der Waals surface area contributed by atoms with Gasteiger partial charge >= 0.3 is 0 Å². The molecule has 0 radical (unpaired) electrons. The number of halogens is 1. The zero-order valence-electron chi connectivity index (χ0n) is 8.72. The molecule has 0 aliphatic heterocycles. The molecule has 0 aliphatic carbocycles. The van der Waals surface area contributed by atoms with Gasteiger partial charge in [-0.25, -0.2) is 0 Å². The highest BCUT2D eigenvalue weighted by Crippen LogP contribution is 2.24. The predicted molar refractivity (Wildman–Crippen MR) is 63.7 cm³/mol. The second kappa shape index (κ2) is 4.57. The molecule has 4 nitrogen and oxygen atoms in total. The molecule has 1 heterocycles. The molecule has 0 bridgehead atoms. The number of phenols is 1. The second-order valence-electron chi connectivity index (χ2n) is 3.33. The smallest absolute Gasteiger partial charge is 0.171 e. The van der Waals surface area contributed by atoms with Crippen LogP contribution < -0.4 is 4.74 Å². The Morgan fingerprint density at radius 2 is 2.31 bits per heavy atom. The van der Waals surface area contributed by atoms with Crippen LogP contribution in [0.25, 0.3) is 0 Å². The molecule has 0 saturated carbocycles. The van der Waals surface area contributed by atoms with E-state index in [-0.39, 0.29) is 5.75 Å². The van der Waals surface area contributed by atoms with E-state index in [0.717, 1.165) is 10.2 Å². The Balaban J connectivity index is 2.24. The Bertz CT molecular complexity index is 496. The van der Waals surface area contributed by atoms with Crippen molar-refractivity contribution in [2.75, 3.05) is 7.11 Å². The van der Waals surface area contributed by atoms with Crippen LogP contribution in [0.3, 0.4) is 0 Å². The molecule has 1 aromatic heterocycles. The maximum atomic E-state index is 9.35. The number of hydrogen-bond acceptors (Lipinski definition) is 3. The third kappa shape index (κ3) is 2.19. The third-order valence-corrected chi connectivity index (χ3v) is 3.01. The monoisotopic (exact) mass is 282 g/mol. The largest absolute Gasteiger partial charge is 0.508 e. The summed E-state index contributed by atoms with van der Waals surface area (Å²) < 4.78 is 7.66. The minimum absolute atomic E-state index is 0.257. The van der Waals surface area contributed by atoms with E-state index in [4.69, 9.17) is 4.74 Å². The standard InChI is InChI=1S/C11H11BrN2O2/c1-16-10-6-13-14(11(10)12)7-8-3-2-4-9(15)5-8/h2-6,15H,7H2,1H3. The number of phenolic OH excluding ortho intramolecular Hbond substituents is 1. The molecule has 84 valence electrons. The van der Waals surface area contributed by atoms with Gasteiger partial charge in [0, 0.05) is 0 Å². The van der Waals surface area contributed by atoms with Crippen LogP contribution in [-0.2, 0) is 6.54 Å². The number of ether oxygens (including phenoxy) is 1. The fraction of sp³-hybridized carbons (Fsp3) is 0.182. The van der Waals surface area contributed by atoms with E-state index in [1.807, 2.05) is 6.07 Å². The first-order chi connectivity index (χ1) is 7.70. The maximum Gasteiger partial charge on any atom is 0.171 e. The normalized spacial score (nSPS) is 10.4. The van der Waals surface area contributed by atoms with E-state index < -0.39 is 0 Å². The third-order valence-electron chi connectivity index (χ3n) is 2.21. The van der Waals surface area contributed by atoms with Crippen LogP contribution in [0, 0.1) is 0 Å². The van der Waals surface area contributed by atoms with Crippen molar-refractivity contribution < 1.29 is 9.84 Å². The number of rotatable bonds is 3. The zero-order chi connectivity index (χ0) is 11.5. The Hall–Kier alpha value is -1.49. The molecule has 2 rings (SSSR count). The maximum absolute atomic E-state index is 9.35. The Morgan fingerprint density at radius 3 is 2.94 bits per heavy atom. The van der Waals surface area contributed by atoms with Gasteiger partial charge in [0.25, 0.3) is 0 Å². The van der Waals surface area contributed by atoms with E-state index >= 15 is 0 Å². The predicted octanol–water partition coefficient (Wildman–Crippen LogP) is 2.41. The van der Waals surface area contributed by atoms with Crippen LogP contribution in [0.4, 0.5) is 0 Å². The molecule has 0 amide bonds. The summed E-state index contributed by atoms with van der Waals surface area (Å²) in [7, 11) is 1.60. The van der Waals surface area contributed by atoms with Gasteiger partial charge in [-0.2, -0.15) is 5.10 Å². The quantitative estimate of drug-likeness (QED) is 0.941. The highest BCUT2D eigenvalue weighted by molar-refractivity contribution is 9.10. The van der Waals surface area contributed by atoms with Crippen molar-refractivity contribution >= 4 is 15.9 Å². The van der Waals surface area contributed by atoms with Crippen molar-refractivity contribution in [2.24, 2.45) is 0 Å². The Labute approximate surface area is 102 Å². The summed E-state index contributed by atoms with van der Waals surface area (Å²) in [4.78, 5) is 0. The van der Waals surface area contributed by atoms with Crippen LogP contribution in [0.1, 0.15) is 5.56 Å². The molecule has 0 saturated heterocycles. The van der Waals surface area contributed by atoms with Gasteiger partial charge in [0.15, 0.2) is 5.75 Å². The molecule has 0 spiro atoms.